The number of hydrogen-bond donors (Lipinski definition) is 0. The van der Waals surface area contributed by atoms with Crippen molar-refractivity contribution in [3.05, 3.63) is 28.8 Å². The topological polar surface area (TPSA) is 9.23 Å². The molecule has 0 atom stereocenters. The van der Waals surface area contributed by atoms with Crippen molar-refractivity contribution in [1.82, 2.24) is 0 Å². The first-order valence-electron chi connectivity index (χ1n) is 4.97. The fourth-order valence-electron chi connectivity index (χ4n) is 1.26. The lowest BCUT2D eigenvalue weighted by Gasteiger charge is -2.11. The van der Waals surface area contributed by atoms with Gasteiger partial charge in [0.05, 0.1) is 6.61 Å². The first-order chi connectivity index (χ1) is 7.94. The van der Waals surface area contributed by atoms with Crippen LogP contribution in [0.25, 0.3) is 0 Å². The van der Waals surface area contributed by atoms with Crippen LogP contribution < -0.4 is 4.74 Å². The largest absolute Gasteiger partial charge is 0.493 e. The molecule has 0 radical (unpaired) electrons. The molecule has 0 N–H and O–H groups in total. The minimum absolute atomic E-state index is 0.0276. The van der Waals surface area contributed by atoms with Crippen LogP contribution in [0.4, 0.5) is 13.2 Å². The van der Waals surface area contributed by atoms with E-state index in [1.165, 1.54) is 0 Å². The highest BCUT2D eigenvalue weighted by Gasteiger charge is 2.26. The Labute approximate surface area is 111 Å². The molecule has 1 aromatic carbocycles. The van der Waals surface area contributed by atoms with Gasteiger partial charge in [-0.15, -0.1) is 0 Å². The summed E-state index contributed by atoms with van der Waals surface area (Å²) in [6.07, 6.45) is -5.02. The van der Waals surface area contributed by atoms with Gasteiger partial charge in [0.2, 0.25) is 0 Å². The molecule has 0 fully saturated rings. The zero-order chi connectivity index (χ0) is 12.9. The van der Waals surface area contributed by atoms with Gasteiger partial charge in [0.15, 0.2) is 0 Å². The standard InChI is InChI=1S/C11H11BrClF3O/c12-7-8-9(13)3-1-4-10(8)17-6-2-5-11(14,15)16/h1,3-4H,2,5-7H2. The van der Waals surface area contributed by atoms with Gasteiger partial charge in [0.25, 0.3) is 0 Å². The Morgan fingerprint density at radius 3 is 2.59 bits per heavy atom. The van der Waals surface area contributed by atoms with Crippen molar-refractivity contribution in [1.29, 1.82) is 0 Å². The average Bonchev–Trinajstić information content (AvgIpc) is 2.23. The highest BCUT2D eigenvalue weighted by molar-refractivity contribution is 9.08. The number of halogens is 5. The summed E-state index contributed by atoms with van der Waals surface area (Å²) in [5.41, 5.74) is 0.751. The van der Waals surface area contributed by atoms with E-state index in [1.807, 2.05) is 0 Å². The maximum absolute atomic E-state index is 11.9. The number of benzene rings is 1. The fourth-order valence-corrected chi connectivity index (χ4v) is 2.23. The van der Waals surface area contributed by atoms with Crippen LogP contribution in [-0.4, -0.2) is 12.8 Å². The summed E-state index contributed by atoms with van der Waals surface area (Å²) in [6.45, 7) is 0.0276. The van der Waals surface area contributed by atoms with Crippen LogP contribution in [-0.2, 0) is 5.33 Å². The number of rotatable bonds is 5. The van der Waals surface area contributed by atoms with Crippen molar-refractivity contribution in [2.75, 3.05) is 6.61 Å². The molecular formula is C11H11BrClF3O. The summed E-state index contributed by atoms with van der Waals surface area (Å²) in [5, 5.41) is 1.04. The highest BCUT2D eigenvalue weighted by atomic mass is 79.9. The minimum atomic E-state index is -4.13. The zero-order valence-electron chi connectivity index (χ0n) is 8.86. The summed E-state index contributed by atoms with van der Waals surface area (Å²) < 4.78 is 41.0. The third kappa shape index (κ3) is 5.17. The Morgan fingerprint density at radius 1 is 1.29 bits per heavy atom. The first-order valence-corrected chi connectivity index (χ1v) is 6.47. The van der Waals surface area contributed by atoms with Gasteiger partial charge < -0.3 is 4.74 Å². The second kappa shape index (κ2) is 6.50. The monoisotopic (exact) mass is 330 g/mol. The van der Waals surface area contributed by atoms with E-state index in [2.05, 4.69) is 15.9 Å². The van der Waals surface area contributed by atoms with Crippen molar-refractivity contribution in [2.45, 2.75) is 24.3 Å². The molecule has 0 heterocycles. The third-order valence-electron chi connectivity index (χ3n) is 2.07. The maximum Gasteiger partial charge on any atom is 0.389 e. The van der Waals surface area contributed by atoms with Gasteiger partial charge in [0, 0.05) is 22.3 Å². The SMILES string of the molecule is FC(F)(F)CCCOc1cccc(Cl)c1CBr. The number of alkyl halides is 4. The quantitative estimate of drug-likeness (QED) is 0.547. The molecule has 0 saturated carbocycles. The Hall–Kier alpha value is -0.420. The molecule has 0 spiro atoms. The van der Waals surface area contributed by atoms with Crippen LogP contribution in [0.15, 0.2) is 18.2 Å². The van der Waals surface area contributed by atoms with Crippen LogP contribution in [0, 0.1) is 0 Å². The molecule has 0 bridgehead atoms. The molecule has 0 aromatic heterocycles. The van der Waals surface area contributed by atoms with E-state index in [9.17, 15) is 13.2 Å². The molecule has 6 heteroatoms. The van der Waals surface area contributed by atoms with E-state index < -0.39 is 12.6 Å². The summed E-state index contributed by atoms with van der Waals surface area (Å²) in [4.78, 5) is 0. The molecule has 0 saturated heterocycles. The van der Waals surface area contributed by atoms with Crippen molar-refractivity contribution >= 4 is 27.5 Å². The molecule has 17 heavy (non-hydrogen) atoms. The predicted octanol–water partition coefficient (Wildman–Crippen LogP) is 4.96. The van der Waals surface area contributed by atoms with E-state index >= 15 is 0 Å². The van der Waals surface area contributed by atoms with E-state index in [0.29, 0.717) is 16.1 Å². The number of hydrogen-bond acceptors (Lipinski definition) is 1. The second-order valence-corrected chi connectivity index (χ2v) is 4.39. The molecule has 0 aliphatic heterocycles. The predicted molar refractivity (Wildman–Crippen MR) is 64.9 cm³/mol. The van der Waals surface area contributed by atoms with Crippen LogP contribution in [0.2, 0.25) is 5.02 Å². The van der Waals surface area contributed by atoms with Gasteiger partial charge in [-0.3, -0.25) is 0 Å². The smallest absolute Gasteiger partial charge is 0.389 e. The Morgan fingerprint density at radius 2 is 2.00 bits per heavy atom. The lowest BCUT2D eigenvalue weighted by Crippen LogP contribution is -2.10. The van der Waals surface area contributed by atoms with Crippen molar-refractivity contribution < 1.29 is 17.9 Å². The number of ether oxygens (including phenoxy) is 1. The van der Waals surface area contributed by atoms with Crippen LogP contribution in [0.5, 0.6) is 5.75 Å². The molecule has 0 aliphatic rings. The van der Waals surface area contributed by atoms with Gasteiger partial charge >= 0.3 is 6.18 Å². The lowest BCUT2D eigenvalue weighted by atomic mass is 10.2. The van der Waals surface area contributed by atoms with Crippen LogP contribution in [0.3, 0.4) is 0 Å². The molecule has 1 rings (SSSR count). The molecular weight excluding hydrogens is 320 g/mol. The Balaban J connectivity index is 2.49. The Kier molecular flexibility index (Phi) is 5.59. The summed E-state index contributed by atoms with van der Waals surface area (Å²) in [6, 6.07) is 5.10. The zero-order valence-corrected chi connectivity index (χ0v) is 11.2. The maximum atomic E-state index is 11.9. The highest BCUT2D eigenvalue weighted by Crippen LogP contribution is 2.29. The molecule has 1 aromatic rings. The van der Waals surface area contributed by atoms with Gasteiger partial charge in [-0.2, -0.15) is 13.2 Å². The van der Waals surface area contributed by atoms with Crippen LogP contribution in [0.1, 0.15) is 18.4 Å². The van der Waals surface area contributed by atoms with E-state index in [1.54, 1.807) is 18.2 Å². The normalized spacial score (nSPS) is 11.6. The van der Waals surface area contributed by atoms with Crippen LogP contribution >= 0.6 is 27.5 Å². The second-order valence-electron chi connectivity index (χ2n) is 3.42. The Bertz CT molecular complexity index is 368. The molecule has 96 valence electrons. The van der Waals surface area contributed by atoms with Gasteiger partial charge in [-0.05, 0) is 18.6 Å². The van der Waals surface area contributed by atoms with E-state index in [4.69, 9.17) is 16.3 Å². The van der Waals surface area contributed by atoms with Gasteiger partial charge in [-0.1, -0.05) is 33.6 Å². The fraction of sp³-hybridized carbons (Fsp3) is 0.455. The molecule has 0 amide bonds. The third-order valence-corrected chi connectivity index (χ3v) is 2.99. The summed E-state index contributed by atoms with van der Waals surface area (Å²) in [7, 11) is 0. The first kappa shape index (κ1) is 14.6. The van der Waals surface area contributed by atoms with Gasteiger partial charge in [-0.25, -0.2) is 0 Å². The van der Waals surface area contributed by atoms with Crippen molar-refractivity contribution in [3.63, 3.8) is 0 Å². The van der Waals surface area contributed by atoms with Crippen molar-refractivity contribution in [2.24, 2.45) is 0 Å². The summed E-state index contributed by atoms with van der Waals surface area (Å²) >= 11 is 9.18. The van der Waals surface area contributed by atoms with Crippen molar-refractivity contribution in [3.8, 4) is 5.75 Å². The lowest BCUT2D eigenvalue weighted by molar-refractivity contribution is -0.136. The molecule has 0 aliphatic carbocycles. The minimum Gasteiger partial charge on any atom is -0.493 e. The van der Waals surface area contributed by atoms with E-state index in [0.717, 1.165) is 5.56 Å². The van der Waals surface area contributed by atoms with Gasteiger partial charge in [0.1, 0.15) is 5.75 Å². The van der Waals surface area contributed by atoms with E-state index in [-0.39, 0.29) is 13.0 Å². The summed E-state index contributed by atoms with van der Waals surface area (Å²) in [5.74, 6) is 0.525. The molecule has 1 nitrogen and oxygen atoms in total. The molecule has 0 unspecified atom stereocenters. The average molecular weight is 332 g/mol.